The minimum Gasteiger partial charge on any atom is -0.493 e. The highest BCUT2D eigenvalue weighted by Crippen LogP contribution is 2.35. The lowest BCUT2D eigenvalue weighted by Crippen LogP contribution is -2.40. The van der Waals surface area contributed by atoms with Crippen LogP contribution in [0.5, 0.6) is 11.5 Å². The van der Waals surface area contributed by atoms with Gasteiger partial charge < -0.3 is 14.6 Å². The van der Waals surface area contributed by atoms with Gasteiger partial charge in [0.25, 0.3) is 0 Å². The molecule has 0 aliphatic rings. The number of carboxylic acid groups (broad SMARTS) is 1. The predicted octanol–water partition coefficient (Wildman–Crippen LogP) is 3.34. The zero-order valence-electron chi connectivity index (χ0n) is 13.5. The van der Waals surface area contributed by atoms with Crippen molar-refractivity contribution in [2.24, 2.45) is 5.92 Å². The van der Waals surface area contributed by atoms with Crippen LogP contribution in [0.25, 0.3) is 0 Å². The normalized spacial score (nSPS) is 12.3. The van der Waals surface area contributed by atoms with Crippen LogP contribution < -0.4 is 14.8 Å². The Hall–Kier alpha value is -1.46. The van der Waals surface area contributed by atoms with Gasteiger partial charge in [0, 0.05) is 23.2 Å². The van der Waals surface area contributed by atoms with Crippen molar-refractivity contribution < 1.29 is 19.4 Å². The minimum absolute atomic E-state index is 0.0291. The van der Waals surface area contributed by atoms with Gasteiger partial charge in [-0.3, -0.25) is 10.1 Å². The molecule has 0 heterocycles. The monoisotopic (exact) mass is 329 g/mol. The average Bonchev–Trinajstić information content (AvgIpc) is 2.44. The maximum absolute atomic E-state index is 11.3. The van der Waals surface area contributed by atoms with Gasteiger partial charge in [-0.15, -0.1) is 0 Å². The molecule has 22 heavy (non-hydrogen) atoms. The van der Waals surface area contributed by atoms with Crippen LogP contribution in [0.1, 0.15) is 32.8 Å². The molecule has 6 heteroatoms. The number of rotatable bonds is 9. The summed E-state index contributed by atoms with van der Waals surface area (Å²) in [6.45, 7) is 6.62. The van der Waals surface area contributed by atoms with E-state index >= 15 is 0 Å². The maximum Gasteiger partial charge on any atom is 0.320 e. The Morgan fingerprint density at radius 3 is 2.59 bits per heavy atom. The fourth-order valence-corrected chi connectivity index (χ4v) is 2.33. The van der Waals surface area contributed by atoms with E-state index in [0.717, 1.165) is 12.0 Å². The highest BCUT2D eigenvalue weighted by molar-refractivity contribution is 6.30. The van der Waals surface area contributed by atoms with Crippen LogP contribution in [0, 0.1) is 5.92 Å². The van der Waals surface area contributed by atoms with Crippen molar-refractivity contribution in [3.05, 3.63) is 22.7 Å². The van der Waals surface area contributed by atoms with Gasteiger partial charge in [0.2, 0.25) is 0 Å². The number of halogens is 1. The van der Waals surface area contributed by atoms with E-state index in [9.17, 15) is 9.90 Å². The summed E-state index contributed by atoms with van der Waals surface area (Å²) in [6, 6.07) is 2.82. The van der Waals surface area contributed by atoms with Crippen molar-refractivity contribution in [2.75, 3.05) is 13.7 Å². The molecule has 124 valence electrons. The second-order valence-corrected chi connectivity index (χ2v) is 5.82. The highest BCUT2D eigenvalue weighted by atomic mass is 35.5. The van der Waals surface area contributed by atoms with Crippen molar-refractivity contribution in [3.63, 3.8) is 0 Å². The Labute approximate surface area is 136 Å². The van der Waals surface area contributed by atoms with Gasteiger partial charge in [-0.25, -0.2) is 0 Å². The Morgan fingerprint density at radius 1 is 1.41 bits per heavy atom. The van der Waals surface area contributed by atoms with Crippen molar-refractivity contribution in [3.8, 4) is 11.5 Å². The molecular weight excluding hydrogens is 306 g/mol. The van der Waals surface area contributed by atoms with Crippen LogP contribution in [0.2, 0.25) is 5.02 Å². The highest BCUT2D eigenvalue weighted by Gasteiger charge is 2.22. The van der Waals surface area contributed by atoms with Crippen LogP contribution in [-0.2, 0) is 11.3 Å². The van der Waals surface area contributed by atoms with E-state index in [2.05, 4.69) is 5.32 Å². The summed E-state index contributed by atoms with van der Waals surface area (Å²) in [5, 5.41) is 12.8. The zero-order chi connectivity index (χ0) is 16.7. The minimum atomic E-state index is -0.875. The zero-order valence-corrected chi connectivity index (χ0v) is 14.2. The van der Waals surface area contributed by atoms with E-state index < -0.39 is 12.0 Å². The molecule has 5 nitrogen and oxygen atoms in total. The lowest BCUT2D eigenvalue weighted by Gasteiger charge is -2.20. The number of carboxylic acids is 1. The van der Waals surface area contributed by atoms with Crippen LogP contribution in [0.4, 0.5) is 0 Å². The topological polar surface area (TPSA) is 67.8 Å². The Morgan fingerprint density at radius 2 is 2.09 bits per heavy atom. The summed E-state index contributed by atoms with van der Waals surface area (Å²) in [5.41, 5.74) is 0.782. The third kappa shape index (κ3) is 5.07. The quantitative estimate of drug-likeness (QED) is 0.727. The molecular formula is C16H24ClNO4. The van der Waals surface area contributed by atoms with Gasteiger partial charge >= 0.3 is 5.97 Å². The van der Waals surface area contributed by atoms with Crippen molar-refractivity contribution in [1.82, 2.24) is 5.32 Å². The van der Waals surface area contributed by atoms with E-state index in [1.165, 1.54) is 0 Å². The summed E-state index contributed by atoms with van der Waals surface area (Å²) < 4.78 is 11.1. The summed E-state index contributed by atoms with van der Waals surface area (Å²) in [7, 11) is 1.55. The van der Waals surface area contributed by atoms with Gasteiger partial charge in [0.1, 0.15) is 6.04 Å². The molecule has 1 aromatic carbocycles. The molecule has 0 saturated carbocycles. The first-order valence-corrected chi connectivity index (χ1v) is 7.73. The van der Waals surface area contributed by atoms with E-state index in [4.69, 9.17) is 21.1 Å². The Bertz CT molecular complexity index is 505. The first-order valence-electron chi connectivity index (χ1n) is 7.36. The predicted molar refractivity (Wildman–Crippen MR) is 86.9 cm³/mol. The van der Waals surface area contributed by atoms with Crippen molar-refractivity contribution in [2.45, 2.75) is 39.8 Å². The first-order chi connectivity index (χ1) is 10.4. The molecule has 0 fully saturated rings. The molecule has 0 aliphatic heterocycles. The molecule has 0 spiro atoms. The molecule has 0 aromatic heterocycles. The molecule has 2 N–H and O–H groups in total. The smallest absolute Gasteiger partial charge is 0.320 e. The third-order valence-electron chi connectivity index (χ3n) is 3.21. The van der Waals surface area contributed by atoms with Gasteiger partial charge in [0.05, 0.1) is 13.7 Å². The fourth-order valence-electron chi connectivity index (χ4n) is 2.10. The fraction of sp³-hybridized carbons (Fsp3) is 0.562. The van der Waals surface area contributed by atoms with Crippen LogP contribution in [0.3, 0.4) is 0 Å². The summed E-state index contributed by atoms with van der Waals surface area (Å²) in [5.74, 6) is 0.252. The standard InChI is InChI=1S/C16H24ClNO4/c1-5-6-22-15-11(7-12(17)8-13(15)21-4)9-18-14(10(2)3)16(19)20/h7-8,10,14,18H,5-6,9H2,1-4H3,(H,19,20). The number of benzene rings is 1. The average molecular weight is 330 g/mol. The number of hydrogen-bond acceptors (Lipinski definition) is 4. The molecule has 1 rings (SSSR count). The molecule has 1 aromatic rings. The van der Waals surface area contributed by atoms with Gasteiger partial charge in [-0.1, -0.05) is 32.4 Å². The van der Waals surface area contributed by atoms with E-state index in [-0.39, 0.29) is 5.92 Å². The third-order valence-corrected chi connectivity index (χ3v) is 3.43. The second kappa shape index (κ2) is 8.86. The largest absolute Gasteiger partial charge is 0.493 e. The number of nitrogens with one attached hydrogen (secondary N) is 1. The Balaban J connectivity index is 3.00. The van der Waals surface area contributed by atoms with Crippen molar-refractivity contribution in [1.29, 1.82) is 0 Å². The van der Waals surface area contributed by atoms with Crippen LogP contribution in [-0.4, -0.2) is 30.8 Å². The summed E-state index contributed by atoms with van der Waals surface area (Å²) >= 11 is 6.10. The number of carbonyl (C=O) groups is 1. The van der Waals surface area contributed by atoms with Crippen molar-refractivity contribution >= 4 is 17.6 Å². The van der Waals surface area contributed by atoms with E-state index in [1.54, 1.807) is 19.2 Å². The summed E-state index contributed by atoms with van der Waals surface area (Å²) in [4.78, 5) is 11.3. The number of hydrogen-bond donors (Lipinski definition) is 2. The molecule has 1 atom stereocenters. The molecule has 1 unspecified atom stereocenters. The van der Waals surface area contributed by atoms with Gasteiger partial charge in [0.15, 0.2) is 11.5 Å². The van der Waals surface area contributed by atoms with Crippen LogP contribution >= 0.6 is 11.6 Å². The van der Waals surface area contributed by atoms with Gasteiger partial charge in [-0.05, 0) is 18.4 Å². The van der Waals surface area contributed by atoms with Gasteiger partial charge in [-0.2, -0.15) is 0 Å². The van der Waals surface area contributed by atoms with E-state index in [0.29, 0.717) is 29.7 Å². The second-order valence-electron chi connectivity index (χ2n) is 5.39. The van der Waals surface area contributed by atoms with E-state index in [1.807, 2.05) is 20.8 Å². The number of methoxy groups -OCH3 is 1. The Kier molecular flexibility index (Phi) is 7.48. The molecule has 0 saturated heterocycles. The SMILES string of the molecule is CCCOc1c(CNC(C(=O)O)C(C)C)cc(Cl)cc1OC. The first kappa shape index (κ1) is 18.6. The number of aliphatic carboxylic acids is 1. The molecule has 0 radical (unpaired) electrons. The molecule has 0 bridgehead atoms. The number of ether oxygens (including phenoxy) is 2. The lowest BCUT2D eigenvalue weighted by molar-refractivity contribution is -0.140. The summed E-state index contributed by atoms with van der Waals surface area (Å²) in [6.07, 6.45) is 0.863. The molecule has 0 amide bonds. The van der Waals surface area contributed by atoms with Crippen LogP contribution in [0.15, 0.2) is 12.1 Å². The molecule has 0 aliphatic carbocycles. The maximum atomic E-state index is 11.3. The lowest BCUT2D eigenvalue weighted by atomic mass is 10.0.